The van der Waals surface area contributed by atoms with Crippen molar-refractivity contribution in [2.45, 2.75) is 58.8 Å². The third-order valence-corrected chi connectivity index (χ3v) is 6.15. The van der Waals surface area contributed by atoms with Gasteiger partial charge in [-0.2, -0.15) is 0 Å². The predicted octanol–water partition coefficient (Wildman–Crippen LogP) is 5.43. The van der Waals surface area contributed by atoms with Gasteiger partial charge in [-0.25, -0.2) is 0 Å². The largest absolute Gasteiger partial charge is 0.506 e. The number of carbonyl (C=O) groups excluding carboxylic acids is 1. The summed E-state index contributed by atoms with van der Waals surface area (Å²) >= 11 is 3.38. The summed E-state index contributed by atoms with van der Waals surface area (Å²) in [6, 6.07) is 5.67. The van der Waals surface area contributed by atoms with E-state index in [0.29, 0.717) is 29.0 Å². The van der Waals surface area contributed by atoms with Crippen LogP contribution in [0.15, 0.2) is 28.9 Å². The van der Waals surface area contributed by atoms with Crippen LogP contribution in [0.3, 0.4) is 0 Å². The highest BCUT2D eigenvalue weighted by Crippen LogP contribution is 2.37. The van der Waals surface area contributed by atoms with Gasteiger partial charge in [-0.1, -0.05) is 19.9 Å². The molecule has 30 heavy (non-hydrogen) atoms. The molecule has 0 fully saturated rings. The zero-order valence-electron chi connectivity index (χ0n) is 17.7. The number of ether oxygens (including phenoxy) is 2. The highest BCUT2D eigenvalue weighted by atomic mass is 79.9. The first-order chi connectivity index (χ1) is 14.5. The van der Waals surface area contributed by atoms with Crippen molar-refractivity contribution in [2.24, 2.45) is 5.92 Å². The van der Waals surface area contributed by atoms with E-state index >= 15 is 0 Å². The highest BCUT2D eigenvalue weighted by Gasteiger charge is 2.16. The number of unbranched alkanes of at least 4 members (excludes halogenated alkanes) is 1. The fraction of sp³-hybridized carbons (Fsp3) is 0.500. The van der Waals surface area contributed by atoms with Crippen molar-refractivity contribution in [3.05, 3.63) is 45.7 Å². The Morgan fingerprint density at radius 1 is 1.17 bits per heavy atom. The van der Waals surface area contributed by atoms with Crippen molar-refractivity contribution in [3.8, 4) is 17.2 Å². The highest BCUT2D eigenvalue weighted by molar-refractivity contribution is 9.10. The number of aromatic nitrogens is 1. The first kappa shape index (κ1) is 22.6. The average Bonchev–Trinajstić information content (AvgIpc) is 2.75. The number of pyridine rings is 1. The number of phenols is 1. The molecular weight excluding hydrogens is 446 g/mol. The van der Waals surface area contributed by atoms with Gasteiger partial charge in [-0.15, -0.1) is 0 Å². The maximum Gasteiger partial charge on any atom is 0.139 e. The first-order valence-corrected chi connectivity index (χ1v) is 11.5. The maximum absolute atomic E-state index is 11.9. The number of nitrogens with zero attached hydrogens (tertiary/aromatic N) is 1. The minimum Gasteiger partial charge on any atom is -0.506 e. The summed E-state index contributed by atoms with van der Waals surface area (Å²) in [6.07, 6.45) is 8.37. The quantitative estimate of drug-likeness (QED) is 0.463. The summed E-state index contributed by atoms with van der Waals surface area (Å²) in [6.45, 7) is 4.86. The van der Waals surface area contributed by atoms with Gasteiger partial charge in [-0.3, -0.25) is 9.78 Å². The van der Waals surface area contributed by atoms with E-state index in [1.54, 1.807) is 12.1 Å². The summed E-state index contributed by atoms with van der Waals surface area (Å²) in [5.74, 6) is 1.53. The van der Waals surface area contributed by atoms with Crippen molar-refractivity contribution < 1.29 is 19.4 Å². The van der Waals surface area contributed by atoms with Crippen LogP contribution in [-0.2, 0) is 24.1 Å². The van der Waals surface area contributed by atoms with Crippen LogP contribution in [0.4, 0.5) is 0 Å². The Hall–Kier alpha value is -2.08. The van der Waals surface area contributed by atoms with Gasteiger partial charge in [0.15, 0.2) is 0 Å². The smallest absolute Gasteiger partial charge is 0.139 e. The topological polar surface area (TPSA) is 68.7 Å². The van der Waals surface area contributed by atoms with E-state index in [9.17, 15) is 9.90 Å². The number of ketones is 1. The molecule has 0 spiro atoms. The lowest BCUT2D eigenvalue weighted by Gasteiger charge is -2.16. The molecule has 0 atom stereocenters. The van der Waals surface area contributed by atoms with Crippen LogP contribution in [0.1, 0.15) is 56.4 Å². The number of benzene rings is 1. The standard InChI is InChI=1S/C24H30BrNO4/c1-16(2)21(27)14-18-9-10-22(23(25)24(18)28)30-12-6-5-11-29-19-13-17-7-3-4-8-20(17)26-15-19/h9-10,13,15-16,28H,3-8,11-12,14H2,1-2H3. The third kappa shape index (κ3) is 5.97. The molecule has 1 heterocycles. The summed E-state index contributed by atoms with van der Waals surface area (Å²) in [5, 5.41) is 10.4. The molecule has 0 unspecified atom stereocenters. The van der Waals surface area contributed by atoms with Gasteiger partial charge < -0.3 is 14.6 Å². The molecule has 0 amide bonds. The zero-order chi connectivity index (χ0) is 21.5. The minimum atomic E-state index is -0.0570. The van der Waals surface area contributed by atoms with Crippen molar-refractivity contribution in [1.82, 2.24) is 4.98 Å². The molecule has 1 N–H and O–H groups in total. The number of Topliss-reactive ketones (excluding diaryl/α,β-unsaturated/α-hetero) is 1. The monoisotopic (exact) mass is 475 g/mol. The summed E-state index contributed by atoms with van der Waals surface area (Å²) in [7, 11) is 0. The Morgan fingerprint density at radius 3 is 2.67 bits per heavy atom. The Labute approximate surface area is 186 Å². The van der Waals surface area contributed by atoms with E-state index in [0.717, 1.165) is 31.4 Å². The van der Waals surface area contributed by atoms with Gasteiger partial charge >= 0.3 is 0 Å². The minimum absolute atomic E-state index is 0.0570. The first-order valence-electron chi connectivity index (χ1n) is 10.7. The fourth-order valence-electron chi connectivity index (χ4n) is 3.45. The summed E-state index contributed by atoms with van der Waals surface area (Å²) in [5.41, 5.74) is 3.15. The van der Waals surface area contributed by atoms with E-state index in [4.69, 9.17) is 9.47 Å². The van der Waals surface area contributed by atoms with Crippen LogP contribution in [0.5, 0.6) is 17.2 Å². The van der Waals surface area contributed by atoms with Crippen molar-refractivity contribution >= 4 is 21.7 Å². The van der Waals surface area contributed by atoms with Gasteiger partial charge in [0.1, 0.15) is 27.5 Å². The molecule has 0 bridgehead atoms. The van der Waals surface area contributed by atoms with Crippen LogP contribution in [-0.4, -0.2) is 29.1 Å². The lowest BCUT2D eigenvalue weighted by Crippen LogP contribution is -2.10. The van der Waals surface area contributed by atoms with Crippen LogP contribution >= 0.6 is 15.9 Å². The van der Waals surface area contributed by atoms with E-state index in [-0.39, 0.29) is 23.9 Å². The number of aryl methyl sites for hydroxylation is 2. The number of aromatic hydroxyl groups is 1. The fourth-order valence-corrected chi connectivity index (χ4v) is 3.95. The van der Waals surface area contributed by atoms with E-state index in [1.807, 2.05) is 20.0 Å². The second-order valence-electron chi connectivity index (χ2n) is 8.07. The van der Waals surface area contributed by atoms with Crippen LogP contribution in [0.25, 0.3) is 0 Å². The predicted molar refractivity (Wildman–Crippen MR) is 120 cm³/mol. The van der Waals surface area contributed by atoms with Crippen molar-refractivity contribution in [1.29, 1.82) is 0 Å². The average molecular weight is 476 g/mol. The number of carbonyl (C=O) groups is 1. The lowest BCUT2D eigenvalue weighted by atomic mass is 9.96. The Kier molecular flexibility index (Phi) is 8.14. The molecule has 0 saturated heterocycles. The number of rotatable bonds is 10. The molecule has 162 valence electrons. The van der Waals surface area contributed by atoms with Crippen molar-refractivity contribution in [2.75, 3.05) is 13.2 Å². The summed E-state index contributed by atoms with van der Waals surface area (Å²) in [4.78, 5) is 16.5. The molecule has 0 aliphatic heterocycles. The van der Waals surface area contributed by atoms with Crippen LogP contribution < -0.4 is 9.47 Å². The molecular formula is C24H30BrNO4. The zero-order valence-corrected chi connectivity index (χ0v) is 19.3. The molecule has 3 rings (SSSR count). The lowest BCUT2D eigenvalue weighted by molar-refractivity contribution is -0.121. The van der Waals surface area contributed by atoms with Gasteiger partial charge in [0.2, 0.25) is 0 Å². The van der Waals surface area contributed by atoms with E-state index in [2.05, 4.69) is 27.0 Å². The molecule has 0 saturated carbocycles. The number of hydrogen-bond acceptors (Lipinski definition) is 5. The molecule has 5 nitrogen and oxygen atoms in total. The molecule has 0 radical (unpaired) electrons. The third-order valence-electron chi connectivity index (χ3n) is 5.38. The second kappa shape index (κ2) is 10.8. The van der Waals surface area contributed by atoms with Gasteiger partial charge in [0.05, 0.1) is 19.4 Å². The Balaban J connectivity index is 1.41. The number of phenolic OH excluding ortho intramolecular Hbond substituents is 1. The van der Waals surface area contributed by atoms with Gasteiger partial charge in [0.25, 0.3) is 0 Å². The van der Waals surface area contributed by atoms with E-state index in [1.165, 1.54) is 24.1 Å². The normalized spacial score (nSPS) is 13.2. The number of hydrogen-bond donors (Lipinski definition) is 1. The maximum atomic E-state index is 11.9. The van der Waals surface area contributed by atoms with Crippen molar-refractivity contribution in [3.63, 3.8) is 0 Å². The molecule has 6 heteroatoms. The molecule has 1 aliphatic carbocycles. The second-order valence-corrected chi connectivity index (χ2v) is 8.86. The van der Waals surface area contributed by atoms with Gasteiger partial charge in [0, 0.05) is 23.6 Å². The summed E-state index contributed by atoms with van der Waals surface area (Å²) < 4.78 is 12.1. The number of halogens is 1. The Bertz CT molecular complexity index is 882. The SMILES string of the molecule is CC(C)C(=O)Cc1ccc(OCCCCOc2cnc3c(c2)CCCC3)c(Br)c1O. The van der Waals surface area contributed by atoms with Gasteiger partial charge in [-0.05, 0) is 72.2 Å². The number of fused-ring (bicyclic) bond motifs is 1. The molecule has 1 aromatic carbocycles. The molecule has 1 aliphatic rings. The van der Waals surface area contributed by atoms with Crippen LogP contribution in [0.2, 0.25) is 0 Å². The van der Waals surface area contributed by atoms with Crippen LogP contribution in [0, 0.1) is 5.92 Å². The molecule has 1 aromatic heterocycles. The Morgan fingerprint density at radius 2 is 1.90 bits per heavy atom. The molecule has 2 aromatic rings. The van der Waals surface area contributed by atoms with E-state index < -0.39 is 0 Å².